The van der Waals surface area contributed by atoms with Crippen molar-refractivity contribution < 1.29 is 19.1 Å². The van der Waals surface area contributed by atoms with Crippen molar-refractivity contribution in [1.29, 1.82) is 0 Å². The molecule has 1 aromatic rings. The summed E-state index contributed by atoms with van der Waals surface area (Å²) in [6, 6.07) is 6.42. The van der Waals surface area contributed by atoms with Crippen molar-refractivity contribution in [2.24, 2.45) is 5.73 Å². The van der Waals surface area contributed by atoms with E-state index in [4.69, 9.17) is 15.2 Å². The highest BCUT2D eigenvalue weighted by Crippen LogP contribution is 2.27. The molecule has 3 atom stereocenters. The van der Waals surface area contributed by atoms with E-state index < -0.39 is 24.5 Å². The van der Waals surface area contributed by atoms with Crippen LogP contribution in [-0.2, 0) is 20.7 Å². The fourth-order valence-corrected chi connectivity index (χ4v) is 2.56. The number of benzene rings is 1. The average molecular weight is 320 g/mol. The van der Waals surface area contributed by atoms with Crippen LogP contribution in [0.5, 0.6) is 0 Å². The smallest absolute Gasteiger partial charge is 0.434 e. The van der Waals surface area contributed by atoms with Gasteiger partial charge in [-0.05, 0) is 24.5 Å². The minimum atomic E-state index is -0.720. The van der Waals surface area contributed by atoms with Gasteiger partial charge in [-0.1, -0.05) is 37.6 Å². The van der Waals surface area contributed by atoms with Gasteiger partial charge in [-0.25, -0.2) is 4.79 Å². The lowest BCUT2D eigenvalue weighted by atomic mass is 9.89. The Morgan fingerprint density at radius 3 is 2.83 bits per heavy atom. The maximum atomic E-state index is 12.3. The quantitative estimate of drug-likeness (QED) is 0.616. The molecule has 6 heteroatoms. The largest absolute Gasteiger partial charge is 0.509 e. The monoisotopic (exact) mass is 320 g/mol. The molecule has 1 heterocycles. The molecule has 0 saturated heterocycles. The molecule has 2 unspecified atom stereocenters. The van der Waals surface area contributed by atoms with Gasteiger partial charge in [-0.3, -0.25) is 10.1 Å². The van der Waals surface area contributed by atoms with Crippen molar-refractivity contribution in [3.8, 4) is 0 Å². The average Bonchev–Trinajstić information content (AvgIpc) is 2.53. The van der Waals surface area contributed by atoms with Crippen LogP contribution in [-0.4, -0.2) is 30.8 Å². The first-order valence-electron chi connectivity index (χ1n) is 7.99. The number of carbonyl (C=O) groups excluding carboxylic acids is 2. The summed E-state index contributed by atoms with van der Waals surface area (Å²) in [7, 11) is 0. The first-order chi connectivity index (χ1) is 11.0. The van der Waals surface area contributed by atoms with Crippen molar-refractivity contribution >= 4 is 11.9 Å². The molecular weight excluding hydrogens is 296 g/mol. The predicted octanol–water partition coefficient (Wildman–Crippen LogP) is 2.07. The summed E-state index contributed by atoms with van der Waals surface area (Å²) < 4.78 is 10.3. The van der Waals surface area contributed by atoms with Gasteiger partial charge in [0.1, 0.15) is 0 Å². The Bertz CT molecular complexity index is 559. The van der Waals surface area contributed by atoms with E-state index in [1.54, 1.807) is 6.92 Å². The first-order valence-corrected chi connectivity index (χ1v) is 7.99. The number of nitrogens with one attached hydrogen (secondary N) is 1. The summed E-state index contributed by atoms with van der Waals surface area (Å²) >= 11 is 0. The van der Waals surface area contributed by atoms with Crippen LogP contribution in [0.2, 0.25) is 0 Å². The molecular formula is C17H24N2O4. The van der Waals surface area contributed by atoms with Gasteiger partial charge in [-0.15, -0.1) is 0 Å². The molecule has 0 aliphatic carbocycles. The van der Waals surface area contributed by atoms with Gasteiger partial charge >= 0.3 is 6.16 Å². The van der Waals surface area contributed by atoms with Crippen LogP contribution in [0.25, 0.3) is 0 Å². The molecule has 3 N–H and O–H groups in total. The number of ketones is 1. The Morgan fingerprint density at radius 1 is 1.39 bits per heavy atom. The van der Waals surface area contributed by atoms with E-state index in [0.29, 0.717) is 13.0 Å². The van der Waals surface area contributed by atoms with Crippen molar-refractivity contribution in [1.82, 2.24) is 5.32 Å². The minimum absolute atomic E-state index is 0.134. The normalized spacial score (nSPS) is 21.2. The van der Waals surface area contributed by atoms with Gasteiger partial charge in [0.15, 0.2) is 12.0 Å². The van der Waals surface area contributed by atoms with E-state index in [2.05, 4.69) is 5.32 Å². The van der Waals surface area contributed by atoms with Crippen LogP contribution < -0.4 is 11.1 Å². The topological polar surface area (TPSA) is 90.7 Å². The van der Waals surface area contributed by atoms with Gasteiger partial charge in [-0.2, -0.15) is 0 Å². The maximum absolute atomic E-state index is 12.3. The highest BCUT2D eigenvalue weighted by molar-refractivity contribution is 5.90. The van der Waals surface area contributed by atoms with Gasteiger partial charge < -0.3 is 15.2 Å². The van der Waals surface area contributed by atoms with E-state index in [0.717, 1.165) is 24.0 Å². The number of ether oxygens (including phenoxy) is 2. The Balaban J connectivity index is 2.07. The van der Waals surface area contributed by atoms with Gasteiger partial charge in [0, 0.05) is 6.42 Å². The lowest BCUT2D eigenvalue weighted by molar-refractivity contribution is -0.123. The molecule has 126 valence electrons. The van der Waals surface area contributed by atoms with Crippen LogP contribution >= 0.6 is 0 Å². The zero-order valence-electron chi connectivity index (χ0n) is 13.6. The molecule has 1 aliphatic heterocycles. The minimum Gasteiger partial charge on any atom is -0.434 e. The summed E-state index contributed by atoms with van der Waals surface area (Å²) in [6.07, 6.45) is 0.894. The number of nitrogens with two attached hydrogens (primary N) is 1. The molecule has 0 saturated carbocycles. The summed E-state index contributed by atoms with van der Waals surface area (Å²) in [6.45, 7) is 4.00. The number of fused-ring (bicyclic) bond motifs is 1. The van der Waals surface area contributed by atoms with Crippen molar-refractivity contribution in [2.45, 2.75) is 51.4 Å². The van der Waals surface area contributed by atoms with E-state index in [1.165, 1.54) is 0 Å². The second kappa shape index (κ2) is 8.08. The summed E-state index contributed by atoms with van der Waals surface area (Å²) in [5.74, 6) is -0.134. The van der Waals surface area contributed by atoms with E-state index >= 15 is 0 Å². The summed E-state index contributed by atoms with van der Waals surface area (Å²) in [5, 5.41) is 3.06. The Labute approximate surface area is 136 Å². The molecule has 0 spiro atoms. The van der Waals surface area contributed by atoms with Gasteiger partial charge in [0.05, 0.1) is 18.7 Å². The number of Topliss-reactive ketones (excluding diaryl/α,β-unsaturated/α-hetero) is 1. The molecule has 0 bridgehead atoms. The van der Waals surface area contributed by atoms with Crippen molar-refractivity contribution in [3.63, 3.8) is 0 Å². The van der Waals surface area contributed by atoms with Gasteiger partial charge in [0.25, 0.3) is 0 Å². The lowest BCUT2D eigenvalue weighted by Crippen LogP contribution is -2.48. The zero-order valence-corrected chi connectivity index (χ0v) is 13.6. The van der Waals surface area contributed by atoms with Crippen LogP contribution in [0.3, 0.4) is 0 Å². The standard InChI is InChI=1S/C17H24N2O4/c1-3-4-9-22-17(21)23-14-10-12-7-5-6-8-13(12)15(19-14)16(20)11(2)18/h5-8,11,14-15,19H,3-4,9-10,18H2,1-2H3/t11-,14?,15?/m0/s1. The highest BCUT2D eigenvalue weighted by Gasteiger charge is 2.33. The molecule has 0 radical (unpaired) electrons. The van der Waals surface area contributed by atoms with Crippen LogP contribution in [0.1, 0.15) is 43.9 Å². The third kappa shape index (κ3) is 4.53. The van der Waals surface area contributed by atoms with E-state index in [1.807, 2.05) is 31.2 Å². The molecule has 2 rings (SSSR count). The SMILES string of the molecule is CCCCOC(=O)OC1Cc2ccccc2C(C(=O)[C@H](C)N)N1. The molecule has 0 amide bonds. The molecule has 6 nitrogen and oxygen atoms in total. The third-order valence-electron chi connectivity index (χ3n) is 3.81. The summed E-state index contributed by atoms with van der Waals surface area (Å²) in [5.41, 5.74) is 7.58. The number of unbranched alkanes of at least 4 members (excludes halogenated alkanes) is 1. The molecule has 23 heavy (non-hydrogen) atoms. The number of hydrogen-bond acceptors (Lipinski definition) is 6. The van der Waals surface area contributed by atoms with Crippen molar-refractivity contribution in [3.05, 3.63) is 35.4 Å². The number of hydrogen-bond donors (Lipinski definition) is 2. The lowest BCUT2D eigenvalue weighted by Gasteiger charge is -2.32. The maximum Gasteiger partial charge on any atom is 0.509 e. The number of carbonyl (C=O) groups is 2. The fraction of sp³-hybridized carbons (Fsp3) is 0.529. The second-order valence-electron chi connectivity index (χ2n) is 5.75. The number of rotatable bonds is 6. The molecule has 1 aliphatic rings. The van der Waals surface area contributed by atoms with Crippen LogP contribution in [0, 0.1) is 0 Å². The molecule has 0 aromatic heterocycles. The molecule has 0 fully saturated rings. The predicted molar refractivity (Wildman–Crippen MR) is 85.8 cm³/mol. The summed E-state index contributed by atoms with van der Waals surface area (Å²) in [4.78, 5) is 24.1. The van der Waals surface area contributed by atoms with Gasteiger partial charge in [0.2, 0.25) is 0 Å². The van der Waals surface area contributed by atoms with Crippen molar-refractivity contribution in [2.75, 3.05) is 6.61 Å². The second-order valence-corrected chi connectivity index (χ2v) is 5.75. The van der Waals surface area contributed by atoms with E-state index in [-0.39, 0.29) is 5.78 Å². The van der Waals surface area contributed by atoms with Crippen LogP contribution in [0.4, 0.5) is 4.79 Å². The molecule has 1 aromatic carbocycles. The highest BCUT2D eigenvalue weighted by atomic mass is 16.7. The van der Waals surface area contributed by atoms with Crippen LogP contribution in [0.15, 0.2) is 24.3 Å². The zero-order chi connectivity index (χ0) is 16.8. The Kier molecular flexibility index (Phi) is 6.12. The fourth-order valence-electron chi connectivity index (χ4n) is 2.56. The van der Waals surface area contributed by atoms with E-state index in [9.17, 15) is 9.59 Å². The first kappa shape index (κ1) is 17.4. The Morgan fingerprint density at radius 2 is 2.13 bits per heavy atom. The third-order valence-corrected chi connectivity index (χ3v) is 3.81. The Hall–Kier alpha value is -1.92.